The van der Waals surface area contributed by atoms with Crippen molar-refractivity contribution in [2.45, 2.75) is 5.75 Å². The lowest BCUT2D eigenvalue weighted by atomic mass is 10.1. The summed E-state index contributed by atoms with van der Waals surface area (Å²) in [4.78, 5) is 10.4. The van der Waals surface area contributed by atoms with Crippen LogP contribution >= 0.6 is 0 Å². The lowest BCUT2D eigenvalue weighted by molar-refractivity contribution is 0.272. The molecule has 9 heteroatoms. The molecule has 28 heavy (non-hydrogen) atoms. The van der Waals surface area contributed by atoms with Crippen LogP contribution in [-0.2, 0) is 15.6 Å². The van der Waals surface area contributed by atoms with Gasteiger partial charge in [-0.05, 0) is 29.8 Å². The zero-order valence-electron chi connectivity index (χ0n) is 15.2. The smallest absolute Gasteiger partial charge is 0.161 e. The van der Waals surface area contributed by atoms with Crippen molar-refractivity contribution in [1.29, 1.82) is 0 Å². The molecule has 1 heterocycles. The summed E-state index contributed by atoms with van der Waals surface area (Å²) in [7, 11) is -3.14. The standard InChI is InChI=1S/C19H19F2N3O3S/c1-28(25,26)11-14-3-2-4-16(9-14)24-12-22-19(23-13-24)17-6-5-15(21)10-18(17)27-8-7-20/h2-6,9-10,12H,7-8,11,13H2,1H3. The molecule has 0 radical (unpaired) electrons. The molecule has 0 aromatic heterocycles. The van der Waals surface area contributed by atoms with E-state index in [0.717, 1.165) is 5.69 Å². The molecule has 6 nitrogen and oxygen atoms in total. The highest BCUT2D eigenvalue weighted by molar-refractivity contribution is 7.89. The molecule has 0 amide bonds. The highest BCUT2D eigenvalue weighted by Gasteiger charge is 2.16. The van der Waals surface area contributed by atoms with E-state index in [1.807, 2.05) is 6.07 Å². The number of hydrogen-bond donors (Lipinski definition) is 0. The molecule has 3 rings (SSSR count). The van der Waals surface area contributed by atoms with Gasteiger partial charge in [0.2, 0.25) is 0 Å². The summed E-state index contributed by atoms with van der Waals surface area (Å²) in [6.07, 6.45) is 2.74. The Morgan fingerprint density at radius 3 is 2.71 bits per heavy atom. The number of sulfone groups is 1. The number of aliphatic imine (C=N–C) groups is 2. The largest absolute Gasteiger partial charge is 0.490 e. The van der Waals surface area contributed by atoms with Crippen LogP contribution < -0.4 is 9.64 Å². The molecule has 148 valence electrons. The van der Waals surface area contributed by atoms with Crippen LogP contribution in [0, 0.1) is 5.82 Å². The molecule has 0 unspecified atom stereocenters. The van der Waals surface area contributed by atoms with Gasteiger partial charge in [-0.3, -0.25) is 0 Å². The second kappa shape index (κ2) is 8.47. The van der Waals surface area contributed by atoms with E-state index in [9.17, 15) is 17.2 Å². The zero-order chi connectivity index (χ0) is 20.1. The summed E-state index contributed by atoms with van der Waals surface area (Å²) in [6.45, 7) is -0.642. The molecule has 0 bridgehead atoms. The van der Waals surface area contributed by atoms with Crippen molar-refractivity contribution in [2.75, 3.05) is 31.1 Å². The maximum absolute atomic E-state index is 13.5. The quantitative estimate of drug-likeness (QED) is 0.708. The van der Waals surface area contributed by atoms with Gasteiger partial charge >= 0.3 is 0 Å². The Kier molecular flexibility index (Phi) is 6.03. The number of ether oxygens (including phenoxy) is 1. The molecule has 0 saturated carbocycles. The minimum Gasteiger partial charge on any atom is -0.490 e. The van der Waals surface area contributed by atoms with Crippen LogP contribution in [0.3, 0.4) is 0 Å². The van der Waals surface area contributed by atoms with E-state index in [1.165, 1.54) is 24.5 Å². The second-order valence-electron chi connectivity index (χ2n) is 6.26. The van der Waals surface area contributed by atoms with Crippen LogP contribution in [0.2, 0.25) is 0 Å². The molecule has 1 aliphatic heterocycles. The molecule has 0 N–H and O–H groups in total. The van der Waals surface area contributed by atoms with Gasteiger partial charge in [0.25, 0.3) is 0 Å². The lowest BCUT2D eigenvalue weighted by Gasteiger charge is -2.22. The molecule has 1 aliphatic rings. The van der Waals surface area contributed by atoms with Crippen LogP contribution in [0.25, 0.3) is 0 Å². The number of nitrogens with zero attached hydrogens (tertiary/aromatic N) is 3. The minimum atomic E-state index is -3.14. The summed E-state index contributed by atoms with van der Waals surface area (Å²) in [5.74, 6) is -0.0255. The van der Waals surface area contributed by atoms with Gasteiger partial charge in [-0.25, -0.2) is 27.2 Å². The summed E-state index contributed by atoms with van der Waals surface area (Å²) in [5.41, 5.74) is 1.89. The number of benzene rings is 2. The van der Waals surface area contributed by atoms with Gasteiger partial charge < -0.3 is 9.64 Å². The third-order valence-electron chi connectivity index (χ3n) is 3.88. The Balaban J connectivity index is 1.79. The highest BCUT2D eigenvalue weighted by atomic mass is 32.2. The molecule has 0 spiro atoms. The van der Waals surface area contributed by atoms with Gasteiger partial charge in [0.05, 0.1) is 17.7 Å². The third-order valence-corrected chi connectivity index (χ3v) is 4.74. The van der Waals surface area contributed by atoms with Gasteiger partial charge in [-0.1, -0.05) is 12.1 Å². The van der Waals surface area contributed by atoms with Crippen molar-refractivity contribution in [2.24, 2.45) is 9.98 Å². The van der Waals surface area contributed by atoms with Crippen molar-refractivity contribution in [3.63, 3.8) is 0 Å². The van der Waals surface area contributed by atoms with Crippen molar-refractivity contribution >= 4 is 27.7 Å². The summed E-state index contributed by atoms with van der Waals surface area (Å²) >= 11 is 0. The third kappa shape index (κ3) is 5.13. The SMILES string of the molecule is CS(=O)(=O)Cc1cccc(N2C=NC(c3ccc(F)cc3OCCF)=NC2)c1. The van der Waals surface area contributed by atoms with E-state index in [1.54, 1.807) is 29.4 Å². The summed E-state index contributed by atoms with van der Waals surface area (Å²) in [6, 6.07) is 11.0. The van der Waals surface area contributed by atoms with E-state index in [-0.39, 0.29) is 24.8 Å². The number of alkyl halides is 1. The van der Waals surface area contributed by atoms with Crippen LogP contribution in [0.5, 0.6) is 5.75 Å². The van der Waals surface area contributed by atoms with E-state index < -0.39 is 22.3 Å². The Labute approximate surface area is 162 Å². The molecular formula is C19H19F2N3O3S. The Hall–Kier alpha value is -2.81. The number of amidine groups is 1. The van der Waals surface area contributed by atoms with Crippen LogP contribution in [0.4, 0.5) is 14.5 Å². The Morgan fingerprint density at radius 1 is 1.21 bits per heavy atom. The van der Waals surface area contributed by atoms with Crippen molar-refractivity contribution in [3.8, 4) is 5.75 Å². The van der Waals surface area contributed by atoms with Crippen molar-refractivity contribution in [1.82, 2.24) is 0 Å². The lowest BCUT2D eigenvalue weighted by Crippen LogP contribution is -2.27. The topological polar surface area (TPSA) is 71.3 Å². The molecule has 2 aromatic rings. The van der Waals surface area contributed by atoms with Gasteiger partial charge in [0, 0.05) is 18.0 Å². The maximum Gasteiger partial charge on any atom is 0.161 e. The normalized spacial score (nSPS) is 14.1. The predicted molar refractivity (Wildman–Crippen MR) is 105 cm³/mol. The predicted octanol–water partition coefficient (Wildman–Crippen LogP) is 2.97. The van der Waals surface area contributed by atoms with E-state index >= 15 is 0 Å². The first-order chi connectivity index (χ1) is 13.4. The fraction of sp³-hybridized carbons (Fsp3) is 0.263. The summed E-state index contributed by atoms with van der Waals surface area (Å²) in [5, 5.41) is 0. The van der Waals surface area contributed by atoms with Crippen molar-refractivity contribution < 1.29 is 21.9 Å². The number of anilines is 1. The molecule has 0 saturated heterocycles. The average molecular weight is 407 g/mol. The minimum absolute atomic E-state index is 0.0504. The first kappa shape index (κ1) is 19.9. The molecule has 0 fully saturated rings. The van der Waals surface area contributed by atoms with Gasteiger partial charge in [-0.2, -0.15) is 0 Å². The van der Waals surface area contributed by atoms with Crippen molar-refractivity contribution in [3.05, 3.63) is 59.4 Å². The van der Waals surface area contributed by atoms with E-state index in [4.69, 9.17) is 4.74 Å². The number of halogens is 2. The fourth-order valence-electron chi connectivity index (χ4n) is 2.72. The van der Waals surface area contributed by atoms with Crippen LogP contribution in [0.15, 0.2) is 52.4 Å². The van der Waals surface area contributed by atoms with E-state index in [0.29, 0.717) is 17.0 Å². The van der Waals surface area contributed by atoms with Crippen LogP contribution in [0.1, 0.15) is 11.1 Å². The maximum atomic E-state index is 13.5. The van der Waals surface area contributed by atoms with Gasteiger partial charge in [0.1, 0.15) is 31.5 Å². The van der Waals surface area contributed by atoms with Gasteiger partial charge in [-0.15, -0.1) is 0 Å². The molecular weight excluding hydrogens is 388 g/mol. The first-order valence-corrected chi connectivity index (χ1v) is 10.5. The fourth-order valence-corrected chi connectivity index (χ4v) is 3.51. The first-order valence-electron chi connectivity index (χ1n) is 8.46. The Morgan fingerprint density at radius 2 is 2.04 bits per heavy atom. The summed E-state index contributed by atoms with van der Waals surface area (Å²) < 4.78 is 54.1. The number of rotatable bonds is 7. The molecule has 0 aliphatic carbocycles. The van der Waals surface area contributed by atoms with Crippen LogP contribution in [-0.4, -0.2) is 46.8 Å². The Bertz CT molecular complexity index is 1020. The molecule has 0 atom stereocenters. The highest BCUT2D eigenvalue weighted by Crippen LogP contribution is 2.24. The number of hydrogen-bond acceptors (Lipinski definition) is 6. The molecule has 2 aromatic carbocycles. The average Bonchev–Trinajstić information content (AvgIpc) is 2.65. The van der Waals surface area contributed by atoms with Gasteiger partial charge in [0.15, 0.2) is 15.7 Å². The van der Waals surface area contributed by atoms with E-state index in [2.05, 4.69) is 9.98 Å². The zero-order valence-corrected chi connectivity index (χ0v) is 16.0. The second-order valence-corrected chi connectivity index (χ2v) is 8.40. The monoisotopic (exact) mass is 407 g/mol.